The highest BCUT2D eigenvalue weighted by Crippen LogP contribution is 2.50. The van der Waals surface area contributed by atoms with Gasteiger partial charge in [0, 0.05) is 36.4 Å². The van der Waals surface area contributed by atoms with Crippen molar-refractivity contribution in [2.24, 2.45) is 0 Å². The third-order valence-electron chi connectivity index (χ3n) is 6.98. The number of hydrogen-bond donors (Lipinski definition) is 6. The zero-order valence-electron chi connectivity index (χ0n) is 22.5. The van der Waals surface area contributed by atoms with E-state index < -0.39 is 22.9 Å². The molecule has 37 heavy (non-hydrogen) atoms. The van der Waals surface area contributed by atoms with Crippen LogP contribution >= 0.6 is 10.8 Å². The molecule has 6 N–H and O–H groups in total. The molecule has 9 heteroatoms. The number of carbonyl (C=O) groups is 1. The molecule has 0 unspecified atom stereocenters. The molecule has 0 aromatic heterocycles. The molecule has 2 aromatic rings. The van der Waals surface area contributed by atoms with Gasteiger partial charge >= 0.3 is 0 Å². The molecule has 1 fully saturated rings. The first-order chi connectivity index (χ1) is 17.5. The highest BCUT2D eigenvalue weighted by Gasteiger charge is 2.29. The maximum atomic E-state index is 13.6. The Labute approximate surface area is 223 Å². The van der Waals surface area contributed by atoms with Crippen molar-refractivity contribution in [3.05, 3.63) is 59.7 Å². The molecule has 0 radical (unpaired) electrons. The van der Waals surface area contributed by atoms with E-state index in [2.05, 4.69) is 36.7 Å². The van der Waals surface area contributed by atoms with E-state index in [0.717, 1.165) is 30.5 Å². The third-order valence-corrected chi connectivity index (χ3v) is 8.92. The predicted octanol–water partition coefficient (Wildman–Crippen LogP) is 4.86. The second-order valence-electron chi connectivity index (χ2n) is 10.4. The van der Waals surface area contributed by atoms with Crippen LogP contribution in [0.5, 0.6) is 0 Å². The maximum Gasteiger partial charge on any atom is 0.251 e. The molecule has 0 saturated carbocycles. The van der Waals surface area contributed by atoms with E-state index in [9.17, 15) is 19.0 Å². The van der Waals surface area contributed by atoms with Crippen LogP contribution in [0.25, 0.3) is 0 Å². The number of aliphatic hydroxyl groups is 1. The van der Waals surface area contributed by atoms with Crippen molar-refractivity contribution in [2.45, 2.75) is 71.1 Å². The van der Waals surface area contributed by atoms with Crippen LogP contribution < -0.4 is 20.3 Å². The minimum absolute atomic E-state index is 0.130. The Morgan fingerprint density at radius 3 is 2.49 bits per heavy atom. The van der Waals surface area contributed by atoms with Crippen LogP contribution in [0.15, 0.2) is 48.5 Å². The highest BCUT2D eigenvalue weighted by atomic mass is 32.3. The lowest BCUT2D eigenvalue weighted by Gasteiger charge is -2.47. The molecule has 2 aromatic carbocycles. The molecule has 0 spiro atoms. The summed E-state index contributed by atoms with van der Waals surface area (Å²) >= 11 is 0. The number of amides is 1. The summed E-state index contributed by atoms with van der Waals surface area (Å²) in [5.41, 5.74) is 2.63. The Morgan fingerprint density at radius 1 is 1.11 bits per heavy atom. The molecule has 3 rings (SSSR count). The number of benzene rings is 2. The van der Waals surface area contributed by atoms with Crippen LogP contribution in [0.1, 0.15) is 62.9 Å². The second-order valence-corrected chi connectivity index (χ2v) is 12.5. The van der Waals surface area contributed by atoms with E-state index in [0.29, 0.717) is 43.1 Å². The average molecular weight is 533 g/mol. The first kappa shape index (κ1) is 29.3. The Morgan fingerprint density at radius 2 is 1.84 bits per heavy atom. The normalized spacial score (nSPS) is 18.1. The molecular weight excluding hydrogens is 488 g/mol. The van der Waals surface area contributed by atoms with Crippen LogP contribution in [0.2, 0.25) is 0 Å². The standard InChI is InChI=1S/C28H44N4O4S/c1-5-28(3,4)30-20-26(33)25(16-21-12-8-7-9-13-21)31-27(34)22-17-23(29-6-2)19-24(18-22)32-14-10-11-15-37(32,35)36/h7-9,12-13,17-19,25-26,29-30,33,35-36H,5-6,10-11,14-16,20H2,1-4H3,(H,31,34)/t25-,26-/m0/s1. The number of carbonyl (C=O) groups excluding carboxylic acids is 1. The van der Waals surface area contributed by atoms with Crippen LogP contribution in [0.3, 0.4) is 0 Å². The zero-order valence-corrected chi connectivity index (χ0v) is 23.4. The molecule has 0 aliphatic carbocycles. The smallest absolute Gasteiger partial charge is 0.251 e. The van der Waals surface area contributed by atoms with E-state index in [-0.39, 0.29) is 11.4 Å². The van der Waals surface area contributed by atoms with Crippen molar-refractivity contribution in [3.8, 4) is 0 Å². The Bertz CT molecular complexity index is 1020. The molecule has 1 heterocycles. The number of β-amino-alcohol motifs (C(OH)–C–C–N with tert-alkyl or cyclic N) is 1. The molecule has 206 valence electrons. The van der Waals surface area contributed by atoms with Gasteiger partial charge in [0.25, 0.3) is 5.91 Å². The molecule has 1 amide bonds. The van der Waals surface area contributed by atoms with Gasteiger partial charge < -0.3 is 21.1 Å². The summed E-state index contributed by atoms with van der Waals surface area (Å²) in [5, 5.41) is 20.8. The minimum atomic E-state index is -2.93. The lowest BCUT2D eigenvalue weighted by Crippen LogP contribution is -2.52. The Balaban J connectivity index is 1.86. The summed E-state index contributed by atoms with van der Waals surface area (Å²) in [4.78, 5) is 13.6. The number of nitrogens with one attached hydrogen (secondary N) is 3. The monoisotopic (exact) mass is 532 g/mol. The largest absolute Gasteiger partial charge is 0.390 e. The average Bonchev–Trinajstić information content (AvgIpc) is 2.87. The van der Waals surface area contributed by atoms with Crippen molar-refractivity contribution in [1.29, 1.82) is 0 Å². The Hall–Kier alpha value is -2.30. The molecule has 8 nitrogen and oxygen atoms in total. The lowest BCUT2D eigenvalue weighted by molar-refractivity contribution is 0.0813. The number of rotatable bonds is 12. The van der Waals surface area contributed by atoms with Gasteiger partial charge in [0.05, 0.1) is 23.6 Å². The summed E-state index contributed by atoms with van der Waals surface area (Å²) in [7, 11) is -2.93. The van der Waals surface area contributed by atoms with Crippen LogP contribution in [0, 0.1) is 0 Å². The lowest BCUT2D eigenvalue weighted by atomic mass is 9.98. The van der Waals surface area contributed by atoms with Gasteiger partial charge in [0.2, 0.25) is 0 Å². The van der Waals surface area contributed by atoms with Gasteiger partial charge in [-0.25, -0.2) is 0 Å². The van der Waals surface area contributed by atoms with E-state index in [1.165, 1.54) is 0 Å². The number of aliphatic hydroxyl groups excluding tert-OH is 1. The van der Waals surface area contributed by atoms with Crippen LogP contribution in [-0.4, -0.2) is 63.2 Å². The molecule has 0 bridgehead atoms. The fourth-order valence-electron chi connectivity index (χ4n) is 4.35. The van der Waals surface area contributed by atoms with Gasteiger partial charge in [-0.1, -0.05) is 37.3 Å². The zero-order chi connectivity index (χ0) is 27.1. The van der Waals surface area contributed by atoms with E-state index >= 15 is 0 Å². The van der Waals surface area contributed by atoms with Crippen molar-refractivity contribution in [2.75, 3.05) is 35.0 Å². The third kappa shape index (κ3) is 8.35. The fourth-order valence-corrected chi connectivity index (χ4v) is 6.03. The van der Waals surface area contributed by atoms with E-state index in [1.54, 1.807) is 16.4 Å². The van der Waals surface area contributed by atoms with Crippen LogP contribution in [-0.2, 0) is 6.42 Å². The first-order valence-electron chi connectivity index (χ1n) is 13.2. The van der Waals surface area contributed by atoms with Crippen molar-refractivity contribution in [3.63, 3.8) is 0 Å². The molecular formula is C28H44N4O4S. The van der Waals surface area contributed by atoms with Gasteiger partial charge in [-0.15, -0.1) is 10.8 Å². The summed E-state index contributed by atoms with van der Waals surface area (Å²) < 4.78 is 23.0. The van der Waals surface area contributed by atoms with Crippen LogP contribution in [0.4, 0.5) is 11.4 Å². The molecule has 2 atom stereocenters. The van der Waals surface area contributed by atoms with Gasteiger partial charge in [-0.2, -0.15) is 0 Å². The molecule has 1 saturated heterocycles. The van der Waals surface area contributed by atoms with Crippen molar-refractivity contribution < 1.29 is 19.0 Å². The van der Waals surface area contributed by atoms with Gasteiger partial charge in [-0.3, -0.25) is 18.2 Å². The Kier molecular flexibility index (Phi) is 10.3. The van der Waals surface area contributed by atoms with E-state index in [4.69, 9.17) is 0 Å². The maximum absolute atomic E-state index is 13.6. The topological polar surface area (TPSA) is 117 Å². The second kappa shape index (κ2) is 13.0. The van der Waals surface area contributed by atoms with E-state index in [1.807, 2.05) is 43.3 Å². The van der Waals surface area contributed by atoms with Gasteiger partial charge in [-0.05, 0) is 70.2 Å². The minimum Gasteiger partial charge on any atom is -0.390 e. The number of hydrogen-bond acceptors (Lipinski definition) is 7. The predicted molar refractivity (Wildman–Crippen MR) is 155 cm³/mol. The number of nitrogens with zero attached hydrogens (tertiary/aromatic N) is 1. The number of anilines is 2. The molecule has 1 aliphatic rings. The summed E-state index contributed by atoms with van der Waals surface area (Å²) in [6.45, 7) is 9.76. The fraction of sp³-hybridized carbons (Fsp3) is 0.536. The first-order valence-corrected chi connectivity index (χ1v) is 14.9. The SMILES string of the molecule is CCNc1cc(C(=O)N[C@@H](Cc2ccccc2)[C@@H](O)CNC(C)(C)CC)cc(N2CCCCS2(O)O)c1. The summed E-state index contributed by atoms with van der Waals surface area (Å²) in [5.74, 6) is 0.0103. The molecule has 1 aliphatic heterocycles. The summed E-state index contributed by atoms with van der Waals surface area (Å²) in [6, 6.07) is 14.6. The van der Waals surface area contributed by atoms with Gasteiger partial charge in [0.15, 0.2) is 0 Å². The van der Waals surface area contributed by atoms with Gasteiger partial charge in [0.1, 0.15) is 0 Å². The van der Waals surface area contributed by atoms with Crippen molar-refractivity contribution in [1.82, 2.24) is 10.6 Å². The highest BCUT2D eigenvalue weighted by molar-refractivity contribution is 8.25. The van der Waals surface area contributed by atoms with Crippen molar-refractivity contribution >= 4 is 28.1 Å². The quantitative estimate of drug-likeness (QED) is 0.231. The summed E-state index contributed by atoms with van der Waals surface area (Å²) in [6.07, 6.45) is 2.20.